The lowest BCUT2D eigenvalue weighted by atomic mass is 9.72. The zero-order valence-corrected chi connectivity index (χ0v) is 20.5. The lowest BCUT2D eigenvalue weighted by Gasteiger charge is -2.33. The van der Waals surface area contributed by atoms with E-state index in [1.165, 1.54) is 28.9 Å². The van der Waals surface area contributed by atoms with Crippen LogP contribution in [0.25, 0.3) is 11.0 Å². The van der Waals surface area contributed by atoms with Crippen LogP contribution in [-0.2, 0) is 24.0 Å². The topological polar surface area (TPSA) is 68.5 Å². The van der Waals surface area contributed by atoms with Gasteiger partial charge in [-0.2, -0.15) is 0 Å². The Morgan fingerprint density at radius 3 is 2.69 bits per heavy atom. The average Bonchev–Trinajstić information content (AvgIpc) is 3.28. The molecule has 0 spiro atoms. The minimum Gasteiger partial charge on any atom is -0.465 e. The van der Waals surface area contributed by atoms with Gasteiger partial charge in [-0.15, -0.1) is 11.3 Å². The third-order valence-electron chi connectivity index (χ3n) is 6.72. The maximum Gasteiger partial charge on any atom is 0.341 e. The Labute approximate surface area is 193 Å². The van der Waals surface area contributed by atoms with Crippen molar-refractivity contribution in [2.24, 2.45) is 11.3 Å². The molecule has 4 rings (SSSR count). The molecule has 0 saturated carbocycles. The van der Waals surface area contributed by atoms with E-state index in [-0.39, 0.29) is 17.1 Å². The Kier molecular flexibility index (Phi) is 5.93. The number of ether oxygens (including phenoxy) is 1. The third-order valence-corrected chi connectivity index (χ3v) is 7.89. The first-order valence-electron chi connectivity index (χ1n) is 11.2. The van der Waals surface area contributed by atoms with Crippen LogP contribution in [0.3, 0.4) is 0 Å². The number of carbonyl (C=O) groups excluding carboxylic acids is 2. The Balaban J connectivity index is 1.69. The lowest BCUT2D eigenvalue weighted by molar-refractivity contribution is 0.0600. The van der Waals surface area contributed by atoms with Gasteiger partial charge >= 0.3 is 5.97 Å². The third kappa shape index (κ3) is 3.96. The smallest absolute Gasteiger partial charge is 0.341 e. The van der Waals surface area contributed by atoms with Gasteiger partial charge in [0.15, 0.2) is 5.76 Å². The van der Waals surface area contributed by atoms with Gasteiger partial charge in [-0.1, -0.05) is 33.8 Å². The summed E-state index contributed by atoms with van der Waals surface area (Å²) in [5, 5.41) is 4.47. The quantitative estimate of drug-likeness (QED) is 0.455. The molecule has 2 heterocycles. The van der Waals surface area contributed by atoms with E-state index in [2.05, 4.69) is 39.1 Å². The second-order valence-electron chi connectivity index (χ2n) is 9.70. The molecule has 1 aliphatic carbocycles. The average molecular weight is 454 g/mol. The molecule has 32 heavy (non-hydrogen) atoms. The SMILES string of the molecule is CCc1ccc2oc(C(=O)Nc3sc4c(c3C(=O)OC)CCC(C(C)(C)C)C4)c(C)c2c1. The molecule has 2 aromatic heterocycles. The molecule has 6 heteroatoms. The van der Waals surface area contributed by atoms with Gasteiger partial charge in [0.05, 0.1) is 12.7 Å². The highest BCUT2D eigenvalue weighted by atomic mass is 32.1. The number of esters is 1. The highest BCUT2D eigenvalue weighted by Gasteiger charge is 2.34. The molecule has 0 bridgehead atoms. The number of anilines is 1. The van der Waals surface area contributed by atoms with Crippen LogP contribution < -0.4 is 5.32 Å². The highest BCUT2D eigenvalue weighted by Crippen LogP contribution is 2.44. The van der Waals surface area contributed by atoms with E-state index in [9.17, 15) is 9.59 Å². The van der Waals surface area contributed by atoms with E-state index >= 15 is 0 Å². The fourth-order valence-electron chi connectivity index (χ4n) is 4.60. The van der Waals surface area contributed by atoms with Crippen molar-refractivity contribution in [2.45, 2.75) is 60.3 Å². The Hall–Kier alpha value is -2.60. The number of hydrogen-bond donors (Lipinski definition) is 1. The molecular weight excluding hydrogens is 422 g/mol. The van der Waals surface area contributed by atoms with E-state index in [0.29, 0.717) is 22.1 Å². The predicted octanol–water partition coefficient (Wildman–Crippen LogP) is 6.56. The number of fused-ring (bicyclic) bond motifs is 2. The number of amides is 1. The molecular formula is C26H31NO4S. The molecule has 0 aliphatic heterocycles. The van der Waals surface area contributed by atoms with Gasteiger partial charge < -0.3 is 14.5 Å². The first-order valence-corrected chi connectivity index (χ1v) is 12.0. The van der Waals surface area contributed by atoms with Crippen LogP contribution in [0.4, 0.5) is 5.00 Å². The minimum atomic E-state index is -0.402. The zero-order chi connectivity index (χ0) is 23.2. The van der Waals surface area contributed by atoms with Crippen molar-refractivity contribution in [3.05, 3.63) is 51.1 Å². The summed E-state index contributed by atoms with van der Waals surface area (Å²) >= 11 is 1.49. The van der Waals surface area contributed by atoms with Crippen LogP contribution in [0.2, 0.25) is 0 Å². The number of hydrogen-bond acceptors (Lipinski definition) is 5. The molecule has 3 aromatic rings. The van der Waals surface area contributed by atoms with Gasteiger partial charge in [0.1, 0.15) is 10.6 Å². The molecule has 1 N–H and O–H groups in total. The van der Waals surface area contributed by atoms with Gasteiger partial charge in [-0.3, -0.25) is 4.79 Å². The molecule has 1 atom stereocenters. The number of furan rings is 1. The number of nitrogens with one attached hydrogen (secondary N) is 1. The molecule has 5 nitrogen and oxygen atoms in total. The van der Waals surface area contributed by atoms with Crippen LogP contribution >= 0.6 is 11.3 Å². The van der Waals surface area contributed by atoms with Crippen molar-refractivity contribution in [2.75, 3.05) is 12.4 Å². The fourth-order valence-corrected chi connectivity index (χ4v) is 5.91. The van der Waals surface area contributed by atoms with Gasteiger partial charge in [0.25, 0.3) is 5.91 Å². The summed E-state index contributed by atoms with van der Waals surface area (Å²) in [6, 6.07) is 6.00. The lowest BCUT2D eigenvalue weighted by Crippen LogP contribution is -2.26. The summed E-state index contributed by atoms with van der Waals surface area (Å²) in [7, 11) is 1.38. The second-order valence-corrected chi connectivity index (χ2v) is 10.8. The number of methoxy groups -OCH3 is 1. The summed E-state index contributed by atoms with van der Waals surface area (Å²) in [6.45, 7) is 10.8. The highest BCUT2D eigenvalue weighted by molar-refractivity contribution is 7.17. The number of carbonyl (C=O) groups is 2. The van der Waals surface area contributed by atoms with Gasteiger partial charge in [0, 0.05) is 15.8 Å². The summed E-state index contributed by atoms with van der Waals surface area (Å²) in [5.41, 5.74) is 4.40. The van der Waals surface area contributed by atoms with Gasteiger partial charge in [-0.05, 0) is 67.2 Å². The summed E-state index contributed by atoms with van der Waals surface area (Å²) in [6.07, 6.45) is 3.66. The number of aryl methyl sites for hydroxylation is 2. The van der Waals surface area contributed by atoms with E-state index in [1.54, 1.807) is 0 Å². The maximum atomic E-state index is 13.2. The Morgan fingerprint density at radius 2 is 2.03 bits per heavy atom. The summed E-state index contributed by atoms with van der Waals surface area (Å²) < 4.78 is 11.0. The fraction of sp³-hybridized carbons (Fsp3) is 0.462. The first kappa shape index (κ1) is 22.6. The Morgan fingerprint density at radius 1 is 1.28 bits per heavy atom. The molecule has 1 unspecified atom stereocenters. The van der Waals surface area contributed by atoms with Crippen LogP contribution in [0.15, 0.2) is 22.6 Å². The molecule has 170 valence electrons. The molecule has 1 aromatic carbocycles. The molecule has 1 amide bonds. The van der Waals surface area contributed by atoms with E-state index in [0.717, 1.165) is 42.2 Å². The second kappa shape index (κ2) is 8.39. The monoisotopic (exact) mass is 453 g/mol. The summed E-state index contributed by atoms with van der Waals surface area (Å²) in [5.74, 6) is 0.0740. The maximum absolute atomic E-state index is 13.2. The van der Waals surface area contributed by atoms with Crippen molar-refractivity contribution in [3.8, 4) is 0 Å². The van der Waals surface area contributed by atoms with E-state index in [4.69, 9.17) is 9.15 Å². The van der Waals surface area contributed by atoms with Gasteiger partial charge in [-0.25, -0.2) is 4.79 Å². The Bertz CT molecular complexity index is 1190. The van der Waals surface area contributed by atoms with Crippen LogP contribution in [0.1, 0.15) is 76.6 Å². The minimum absolute atomic E-state index is 0.194. The van der Waals surface area contributed by atoms with Crippen molar-refractivity contribution in [1.82, 2.24) is 0 Å². The van der Waals surface area contributed by atoms with Crippen molar-refractivity contribution in [1.29, 1.82) is 0 Å². The molecule has 0 fully saturated rings. The zero-order valence-electron chi connectivity index (χ0n) is 19.7. The molecule has 0 saturated heterocycles. The normalized spacial score (nSPS) is 16.1. The number of rotatable bonds is 4. The van der Waals surface area contributed by atoms with Crippen molar-refractivity contribution >= 4 is 39.2 Å². The number of thiophene rings is 1. The predicted molar refractivity (Wildman–Crippen MR) is 129 cm³/mol. The first-order chi connectivity index (χ1) is 15.1. The summed E-state index contributed by atoms with van der Waals surface area (Å²) in [4.78, 5) is 27.0. The molecule has 1 aliphatic rings. The van der Waals surface area contributed by atoms with Crippen LogP contribution in [0, 0.1) is 18.3 Å². The van der Waals surface area contributed by atoms with Crippen LogP contribution in [0.5, 0.6) is 0 Å². The molecule has 0 radical (unpaired) electrons. The van der Waals surface area contributed by atoms with Crippen molar-refractivity contribution < 1.29 is 18.7 Å². The van der Waals surface area contributed by atoms with Crippen molar-refractivity contribution in [3.63, 3.8) is 0 Å². The van der Waals surface area contributed by atoms with E-state index in [1.807, 2.05) is 19.1 Å². The standard InChI is InChI=1S/C26H31NO4S/c1-7-15-8-11-19-18(12-15)14(2)22(31-19)23(28)27-24-21(25(29)30-6)17-10-9-16(26(3,4)5)13-20(17)32-24/h8,11-12,16H,7,9-10,13H2,1-6H3,(H,27,28). The largest absolute Gasteiger partial charge is 0.465 e. The van der Waals surface area contributed by atoms with Crippen LogP contribution in [-0.4, -0.2) is 19.0 Å². The number of benzene rings is 1. The van der Waals surface area contributed by atoms with Gasteiger partial charge in [0.2, 0.25) is 0 Å². The van der Waals surface area contributed by atoms with E-state index < -0.39 is 5.97 Å².